The Kier molecular flexibility index (Phi) is 6.22. The van der Waals surface area contributed by atoms with E-state index in [1.807, 2.05) is 45.0 Å². The average molecular weight is 377 g/mol. The first kappa shape index (κ1) is 19.4. The van der Waals surface area contributed by atoms with Crippen LogP contribution in [0, 0.1) is 0 Å². The van der Waals surface area contributed by atoms with E-state index in [4.69, 9.17) is 9.47 Å². The summed E-state index contributed by atoms with van der Waals surface area (Å²) in [5, 5.41) is 3.00. The molecule has 3 rings (SSSR count). The van der Waals surface area contributed by atoms with Gasteiger partial charge in [0.05, 0.1) is 12.1 Å². The van der Waals surface area contributed by atoms with Crippen molar-refractivity contribution in [1.82, 2.24) is 15.3 Å². The molecular weight excluding hydrogens is 354 g/mol. The number of nitrogens with zero attached hydrogens (tertiary/aromatic N) is 2. The normalized spacial score (nSPS) is 11.7. The highest BCUT2D eigenvalue weighted by atomic mass is 16.5. The number of carbonyl (C=O) groups is 1. The number of rotatable bonds is 7. The van der Waals surface area contributed by atoms with Crippen molar-refractivity contribution in [2.45, 2.75) is 32.9 Å². The minimum atomic E-state index is -0.155. The van der Waals surface area contributed by atoms with Crippen LogP contribution < -0.4 is 14.8 Å². The first-order chi connectivity index (χ1) is 13.5. The van der Waals surface area contributed by atoms with Crippen molar-refractivity contribution in [2.24, 2.45) is 0 Å². The summed E-state index contributed by atoms with van der Waals surface area (Å²) in [5.74, 6) is 1.23. The Bertz CT molecular complexity index is 895. The van der Waals surface area contributed by atoms with E-state index in [1.54, 1.807) is 42.7 Å². The molecule has 144 valence electrons. The maximum absolute atomic E-state index is 12.5. The van der Waals surface area contributed by atoms with E-state index < -0.39 is 0 Å². The number of carbonyl (C=O) groups excluding carboxylic acids is 1. The fourth-order valence-electron chi connectivity index (χ4n) is 2.59. The van der Waals surface area contributed by atoms with E-state index in [2.05, 4.69) is 15.3 Å². The van der Waals surface area contributed by atoms with Crippen LogP contribution >= 0.6 is 0 Å². The molecule has 1 aromatic heterocycles. The predicted molar refractivity (Wildman–Crippen MR) is 107 cm³/mol. The van der Waals surface area contributed by atoms with Crippen LogP contribution in [0.1, 0.15) is 42.7 Å². The zero-order chi connectivity index (χ0) is 19.9. The molecule has 0 spiro atoms. The Morgan fingerprint density at radius 1 is 0.893 bits per heavy atom. The van der Waals surface area contributed by atoms with Crippen LogP contribution in [0.3, 0.4) is 0 Å². The van der Waals surface area contributed by atoms with Crippen molar-refractivity contribution < 1.29 is 14.3 Å². The van der Waals surface area contributed by atoms with E-state index in [0.717, 1.165) is 11.3 Å². The molecule has 1 atom stereocenters. The summed E-state index contributed by atoms with van der Waals surface area (Å²) in [5.41, 5.74) is 1.55. The van der Waals surface area contributed by atoms with Crippen LogP contribution in [0.25, 0.3) is 0 Å². The van der Waals surface area contributed by atoms with Crippen LogP contribution in [0.5, 0.6) is 17.5 Å². The number of aromatic nitrogens is 2. The van der Waals surface area contributed by atoms with Gasteiger partial charge in [0.1, 0.15) is 11.5 Å². The maximum atomic E-state index is 12.5. The van der Waals surface area contributed by atoms with Gasteiger partial charge in [-0.05, 0) is 68.8 Å². The summed E-state index contributed by atoms with van der Waals surface area (Å²) in [7, 11) is 0. The molecule has 0 aliphatic rings. The first-order valence-corrected chi connectivity index (χ1v) is 9.13. The zero-order valence-electron chi connectivity index (χ0n) is 16.1. The van der Waals surface area contributed by atoms with E-state index in [0.29, 0.717) is 11.3 Å². The van der Waals surface area contributed by atoms with Gasteiger partial charge in [-0.3, -0.25) is 4.79 Å². The monoisotopic (exact) mass is 377 g/mol. The molecule has 0 fully saturated rings. The number of ether oxygens (including phenoxy) is 2. The van der Waals surface area contributed by atoms with Gasteiger partial charge in [-0.1, -0.05) is 12.1 Å². The highest BCUT2D eigenvalue weighted by molar-refractivity contribution is 5.94. The summed E-state index contributed by atoms with van der Waals surface area (Å²) in [6, 6.07) is 16.4. The van der Waals surface area contributed by atoms with E-state index in [9.17, 15) is 4.79 Å². The van der Waals surface area contributed by atoms with Crippen molar-refractivity contribution >= 4 is 5.91 Å². The molecule has 0 aliphatic heterocycles. The molecular formula is C22H23N3O3. The molecule has 0 unspecified atom stereocenters. The largest absolute Gasteiger partial charge is 0.491 e. The van der Waals surface area contributed by atoms with Crippen LogP contribution in [0.2, 0.25) is 0 Å². The summed E-state index contributed by atoms with van der Waals surface area (Å²) in [6.45, 7) is 5.92. The van der Waals surface area contributed by atoms with Gasteiger partial charge in [0, 0.05) is 18.0 Å². The van der Waals surface area contributed by atoms with Gasteiger partial charge < -0.3 is 14.8 Å². The second kappa shape index (κ2) is 8.99. The number of hydrogen-bond acceptors (Lipinski definition) is 5. The van der Waals surface area contributed by atoms with Crippen LogP contribution in [0.15, 0.2) is 67.0 Å². The summed E-state index contributed by atoms with van der Waals surface area (Å²) in [4.78, 5) is 20.5. The lowest BCUT2D eigenvalue weighted by Crippen LogP contribution is -2.26. The molecule has 28 heavy (non-hydrogen) atoms. The average Bonchev–Trinajstić information content (AvgIpc) is 2.69. The molecule has 0 radical (unpaired) electrons. The van der Waals surface area contributed by atoms with E-state index in [-0.39, 0.29) is 24.1 Å². The molecule has 1 amide bonds. The van der Waals surface area contributed by atoms with Crippen molar-refractivity contribution in [1.29, 1.82) is 0 Å². The van der Waals surface area contributed by atoms with Gasteiger partial charge in [-0.25, -0.2) is 9.97 Å². The van der Waals surface area contributed by atoms with E-state index >= 15 is 0 Å². The second-order valence-electron chi connectivity index (χ2n) is 6.59. The molecule has 2 aromatic carbocycles. The molecule has 3 aromatic rings. The molecule has 1 N–H and O–H groups in total. The summed E-state index contributed by atoms with van der Waals surface area (Å²) < 4.78 is 11.2. The quantitative estimate of drug-likeness (QED) is 0.654. The zero-order valence-corrected chi connectivity index (χ0v) is 16.1. The second-order valence-corrected chi connectivity index (χ2v) is 6.59. The standard InChI is InChI=1S/C22H23N3O3/c1-15(2)27-19-9-5-17(6-10-19)16(3)25-21(26)18-7-11-20(12-8-18)28-22-23-13-4-14-24-22/h4-16H,1-3H3,(H,25,26)/t16-/m0/s1. The first-order valence-electron chi connectivity index (χ1n) is 9.13. The third-order valence-electron chi connectivity index (χ3n) is 3.97. The van der Waals surface area contributed by atoms with Gasteiger partial charge in [-0.15, -0.1) is 0 Å². The third-order valence-corrected chi connectivity index (χ3v) is 3.97. The Labute approximate surface area is 164 Å². The van der Waals surface area contributed by atoms with Crippen molar-refractivity contribution in [3.63, 3.8) is 0 Å². The smallest absolute Gasteiger partial charge is 0.321 e. The highest BCUT2D eigenvalue weighted by Gasteiger charge is 2.12. The Morgan fingerprint density at radius 3 is 2.11 bits per heavy atom. The molecule has 0 saturated heterocycles. The predicted octanol–water partition coefficient (Wildman–Crippen LogP) is 4.55. The molecule has 0 bridgehead atoms. The molecule has 1 heterocycles. The number of benzene rings is 2. The number of hydrogen-bond donors (Lipinski definition) is 1. The van der Waals surface area contributed by atoms with Crippen LogP contribution in [0.4, 0.5) is 0 Å². The minimum absolute atomic E-state index is 0.128. The Morgan fingerprint density at radius 2 is 1.50 bits per heavy atom. The molecule has 0 aliphatic carbocycles. The Balaban J connectivity index is 1.59. The molecule has 6 nitrogen and oxygen atoms in total. The third kappa shape index (κ3) is 5.30. The van der Waals surface area contributed by atoms with Gasteiger partial charge in [0.25, 0.3) is 5.91 Å². The van der Waals surface area contributed by atoms with Crippen molar-refractivity contribution in [3.05, 3.63) is 78.1 Å². The number of amides is 1. The molecule has 6 heteroatoms. The van der Waals surface area contributed by atoms with E-state index in [1.165, 1.54) is 0 Å². The van der Waals surface area contributed by atoms with Crippen molar-refractivity contribution in [2.75, 3.05) is 0 Å². The summed E-state index contributed by atoms with van der Waals surface area (Å²) >= 11 is 0. The summed E-state index contributed by atoms with van der Waals surface area (Å²) in [6.07, 6.45) is 3.34. The van der Waals surface area contributed by atoms with Gasteiger partial charge in [0.15, 0.2) is 0 Å². The van der Waals surface area contributed by atoms with Crippen LogP contribution in [-0.4, -0.2) is 22.0 Å². The molecule has 0 saturated carbocycles. The lowest BCUT2D eigenvalue weighted by Gasteiger charge is -2.16. The SMILES string of the molecule is CC(C)Oc1ccc([C@H](C)NC(=O)c2ccc(Oc3ncccn3)cc2)cc1. The minimum Gasteiger partial charge on any atom is -0.491 e. The van der Waals surface area contributed by atoms with Crippen molar-refractivity contribution in [3.8, 4) is 17.5 Å². The van der Waals surface area contributed by atoms with Gasteiger partial charge >= 0.3 is 6.01 Å². The highest BCUT2D eigenvalue weighted by Crippen LogP contribution is 2.20. The maximum Gasteiger partial charge on any atom is 0.321 e. The fourth-order valence-corrected chi connectivity index (χ4v) is 2.59. The van der Waals surface area contributed by atoms with Gasteiger partial charge in [0.2, 0.25) is 0 Å². The number of nitrogens with one attached hydrogen (secondary N) is 1. The lowest BCUT2D eigenvalue weighted by atomic mass is 10.1. The van der Waals surface area contributed by atoms with Gasteiger partial charge in [-0.2, -0.15) is 0 Å². The Hall–Kier alpha value is -3.41. The fraction of sp³-hybridized carbons (Fsp3) is 0.227. The van der Waals surface area contributed by atoms with Crippen LogP contribution in [-0.2, 0) is 0 Å². The topological polar surface area (TPSA) is 73.3 Å². The lowest BCUT2D eigenvalue weighted by molar-refractivity contribution is 0.0940.